The van der Waals surface area contributed by atoms with E-state index in [-0.39, 0.29) is 5.91 Å². The highest BCUT2D eigenvalue weighted by atomic mass is 32.1. The Balaban J connectivity index is 1.40. The lowest BCUT2D eigenvalue weighted by Gasteiger charge is -2.30. The lowest BCUT2D eigenvalue weighted by atomic mass is 9.94. The summed E-state index contributed by atoms with van der Waals surface area (Å²) < 4.78 is 2.10. The molecule has 154 valence electrons. The first-order valence-corrected chi connectivity index (χ1v) is 11.6. The van der Waals surface area contributed by atoms with E-state index < -0.39 is 0 Å². The van der Waals surface area contributed by atoms with Crippen LogP contribution in [-0.2, 0) is 6.54 Å². The van der Waals surface area contributed by atoms with Crippen LogP contribution >= 0.6 is 11.3 Å². The SMILES string of the molecule is CN(C(=O)c1cn2c(nc3ccc(CN4CCNCC4)cc32)s1)C1CCCCC1. The Kier molecular flexibility index (Phi) is 5.28. The van der Waals surface area contributed by atoms with Gasteiger partial charge in [0.1, 0.15) is 4.88 Å². The Morgan fingerprint density at radius 2 is 2.03 bits per heavy atom. The Morgan fingerprint density at radius 1 is 1.24 bits per heavy atom. The summed E-state index contributed by atoms with van der Waals surface area (Å²) in [7, 11) is 1.96. The number of carbonyl (C=O) groups is 1. The molecule has 0 atom stereocenters. The van der Waals surface area contributed by atoms with E-state index >= 15 is 0 Å². The van der Waals surface area contributed by atoms with E-state index in [0.29, 0.717) is 6.04 Å². The third-order valence-corrected chi connectivity index (χ3v) is 7.41. The van der Waals surface area contributed by atoms with Crippen molar-refractivity contribution in [1.29, 1.82) is 0 Å². The van der Waals surface area contributed by atoms with Gasteiger partial charge in [0.2, 0.25) is 0 Å². The first kappa shape index (κ1) is 19.0. The third kappa shape index (κ3) is 3.79. The number of nitrogens with one attached hydrogen (secondary N) is 1. The minimum Gasteiger partial charge on any atom is -0.338 e. The molecule has 29 heavy (non-hydrogen) atoms. The van der Waals surface area contributed by atoms with E-state index in [9.17, 15) is 4.79 Å². The number of nitrogens with zero attached hydrogens (tertiary/aromatic N) is 4. The van der Waals surface area contributed by atoms with Gasteiger partial charge in [0, 0.05) is 52.0 Å². The number of amides is 1. The summed E-state index contributed by atoms with van der Waals surface area (Å²) in [5.41, 5.74) is 3.41. The molecule has 5 rings (SSSR count). The Morgan fingerprint density at radius 3 is 2.83 bits per heavy atom. The molecule has 0 spiro atoms. The van der Waals surface area contributed by atoms with Gasteiger partial charge in [-0.2, -0.15) is 0 Å². The number of carbonyl (C=O) groups excluding carboxylic acids is 1. The summed E-state index contributed by atoms with van der Waals surface area (Å²) in [6, 6.07) is 6.92. The summed E-state index contributed by atoms with van der Waals surface area (Å²) in [6.45, 7) is 5.26. The molecule has 1 saturated carbocycles. The topological polar surface area (TPSA) is 52.9 Å². The van der Waals surface area contributed by atoms with Gasteiger partial charge in [-0.1, -0.05) is 36.7 Å². The lowest BCUT2D eigenvalue weighted by Crippen LogP contribution is -2.42. The predicted molar refractivity (Wildman–Crippen MR) is 118 cm³/mol. The molecule has 0 unspecified atom stereocenters. The molecule has 0 radical (unpaired) electrons. The molecule has 1 saturated heterocycles. The number of thiazole rings is 1. The van der Waals surface area contributed by atoms with Crippen molar-refractivity contribution in [2.75, 3.05) is 33.2 Å². The second-order valence-corrected chi connectivity index (χ2v) is 9.43. The first-order chi connectivity index (χ1) is 14.2. The van der Waals surface area contributed by atoms with E-state index in [4.69, 9.17) is 4.98 Å². The second-order valence-electron chi connectivity index (χ2n) is 8.42. The van der Waals surface area contributed by atoms with Crippen LogP contribution in [0.4, 0.5) is 0 Å². The number of rotatable bonds is 4. The fourth-order valence-electron chi connectivity index (χ4n) is 4.69. The summed E-state index contributed by atoms with van der Waals surface area (Å²) in [5.74, 6) is 0.137. The largest absolute Gasteiger partial charge is 0.338 e. The zero-order chi connectivity index (χ0) is 19.8. The Bertz CT molecular complexity index is 1010. The Labute approximate surface area is 175 Å². The fraction of sp³-hybridized carbons (Fsp3) is 0.545. The highest BCUT2D eigenvalue weighted by Crippen LogP contribution is 2.28. The molecule has 1 aliphatic carbocycles. The number of hydrogen-bond donors (Lipinski definition) is 1. The predicted octanol–water partition coefficient (Wildman–Crippen LogP) is 3.36. The van der Waals surface area contributed by atoms with Crippen LogP contribution in [0.1, 0.15) is 47.3 Å². The highest BCUT2D eigenvalue weighted by molar-refractivity contribution is 7.18. The van der Waals surface area contributed by atoms with Crippen LogP contribution in [0.15, 0.2) is 24.4 Å². The van der Waals surface area contributed by atoms with Crippen molar-refractivity contribution in [3.8, 4) is 0 Å². The number of piperazine rings is 1. The van der Waals surface area contributed by atoms with Crippen LogP contribution in [-0.4, -0.2) is 64.4 Å². The van der Waals surface area contributed by atoms with Gasteiger partial charge in [0.25, 0.3) is 5.91 Å². The lowest BCUT2D eigenvalue weighted by molar-refractivity contribution is 0.0701. The molecule has 7 heteroatoms. The van der Waals surface area contributed by atoms with Crippen molar-refractivity contribution in [3.63, 3.8) is 0 Å². The minimum atomic E-state index is 0.137. The van der Waals surface area contributed by atoms with Crippen LogP contribution in [0.3, 0.4) is 0 Å². The van der Waals surface area contributed by atoms with Crippen molar-refractivity contribution in [2.24, 2.45) is 0 Å². The first-order valence-electron chi connectivity index (χ1n) is 10.8. The van der Waals surface area contributed by atoms with Crippen LogP contribution < -0.4 is 5.32 Å². The zero-order valence-corrected chi connectivity index (χ0v) is 17.9. The molecule has 0 bridgehead atoms. The van der Waals surface area contributed by atoms with Gasteiger partial charge >= 0.3 is 0 Å². The molecule has 3 heterocycles. The average Bonchev–Trinajstić information content (AvgIpc) is 3.32. The molecule has 6 nitrogen and oxygen atoms in total. The monoisotopic (exact) mass is 411 g/mol. The summed E-state index contributed by atoms with van der Waals surface area (Å²) >= 11 is 1.51. The van der Waals surface area contributed by atoms with Gasteiger partial charge in [-0.15, -0.1) is 0 Å². The van der Waals surface area contributed by atoms with Crippen LogP contribution in [0, 0.1) is 0 Å². The maximum absolute atomic E-state index is 13.1. The zero-order valence-electron chi connectivity index (χ0n) is 17.1. The third-order valence-electron chi connectivity index (χ3n) is 6.44. The van der Waals surface area contributed by atoms with Crippen molar-refractivity contribution in [1.82, 2.24) is 24.5 Å². The standard InChI is InChI=1S/C22H29N5OS/c1-25(17-5-3-2-4-6-17)21(28)20-15-27-19-13-16(14-26-11-9-23-10-12-26)7-8-18(19)24-22(27)29-20/h7-8,13,15,17,23H,2-6,9-12,14H2,1H3. The molecule has 3 aromatic rings. The molecular formula is C22H29N5OS. The van der Waals surface area contributed by atoms with Crippen molar-refractivity contribution in [2.45, 2.75) is 44.7 Å². The second kappa shape index (κ2) is 8.05. The van der Waals surface area contributed by atoms with E-state index in [1.807, 2.05) is 18.1 Å². The Hall–Kier alpha value is -1.96. The van der Waals surface area contributed by atoms with Crippen molar-refractivity contribution in [3.05, 3.63) is 34.8 Å². The molecule has 1 N–H and O–H groups in total. The number of imidazole rings is 1. The van der Waals surface area contributed by atoms with Gasteiger partial charge in [0.15, 0.2) is 4.96 Å². The minimum absolute atomic E-state index is 0.137. The molecule has 1 amide bonds. The van der Waals surface area contributed by atoms with E-state index in [0.717, 1.165) is 66.4 Å². The van der Waals surface area contributed by atoms with Gasteiger partial charge in [0.05, 0.1) is 11.0 Å². The van der Waals surface area contributed by atoms with Gasteiger partial charge < -0.3 is 10.2 Å². The van der Waals surface area contributed by atoms with Crippen molar-refractivity contribution >= 4 is 33.2 Å². The van der Waals surface area contributed by atoms with Gasteiger partial charge in [-0.3, -0.25) is 14.1 Å². The summed E-state index contributed by atoms with van der Waals surface area (Å²) in [5, 5.41) is 3.41. The van der Waals surface area contributed by atoms with Gasteiger partial charge in [-0.25, -0.2) is 4.98 Å². The molecule has 1 aliphatic heterocycles. The van der Waals surface area contributed by atoms with Crippen LogP contribution in [0.5, 0.6) is 0 Å². The number of aromatic nitrogens is 2. The number of benzene rings is 1. The maximum atomic E-state index is 13.1. The quantitative estimate of drug-likeness (QED) is 0.715. The normalized spacial score (nSPS) is 19.2. The average molecular weight is 412 g/mol. The smallest absolute Gasteiger partial charge is 0.265 e. The molecule has 2 aliphatic rings. The van der Waals surface area contributed by atoms with E-state index in [2.05, 4.69) is 32.8 Å². The maximum Gasteiger partial charge on any atom is 0.265 e. The van der Waals surface area contributed by atoms with Crippen molar-refractivity contribution < 1.29 is 4.79 Å². The molecule has 2 fully saturated rings. The number of fused-ring (bicyclic) bond motifs is 3. The molecular weight excluding hydrogens is 382 g/mol. The number of hydrogen-bond acceptors (Lipinski definition) is 5. The van der Waals surface area contributed by atoms with E-state index in [1.165, 1.54) is 36.2 Å². The summed E-state index contributed by atoms with van der Waals surface area (Å²) in [4.78, 5) is 24.0. The molecule has 2 aromatic heterocycles. The molecule has 1 aromatic carbocycles. The van der Waals surface area contributed by atoms with E-state index in [1.54, 1.807) is 0 Å². The van der Waals surface area contributed by atoms with Gasteiger partial charge in [-0.05, 0) is 30.5 Å². The van der Waals surface area contributed by atoms with Crippen LogP contribution in [0.25, 0.3) is 16.0 Å². The highest BCUT2D eigenvalue weighted by Gasteiger charge is 2.25. The summed E-state index contributed by atoms with van der Waals surface area (Å²) in [6.07, 6.45) is 8.01. The fourth-order valence-corrected chi connectivity index (χ4v) is 5.67. The van der Waals surface area contributed by atoms with Crippen LogP contribution in [0.2, 0.25) is 0 Å².